The summed E-state index contributed by atoms with van der Waals surface area (Å²) in [6.45, 7) is 0.421. The molecule has 0 aliphatic rings. The fourth-order valence-electron chi connectivity index (χ4n) is 0.874. The highest BCUT2D eigenvalue weighted by Crippen LogP contribution is 2.10. The summed E-state index contributed by atoms with van der Waals surface area (Å²) in [6, 6.07) is 0. The maximum atomic E-state index is 4.89. The molecule has 2 aromatic heterocycles. The number of hydrogen-bond donors (Lipinski definition) is 1. The highest BCUT2D eigenvalue weighted by atomic mass is 32.1. The summed E-state index contributed by atoms with van der Waals surface area (Å²) in [5, 5.41) is 6.71. The molecular weight excluding hydrogens is 190 g/mol. The van der Waals surface area contributed by atoms with Gasteiger partial charge in [0, 0.05) is 7.11 Å². The molecule has 0 aliphatic carbocycles. The van der Waals surface area contributed by atoms with E-state index < -0.39 is 0 Å². The van der Waals surface area contributed by atoms with E-state index in [2.05, 4.69) is 23.9 Å². The first-order valence-corrected chi connectivity index (χ1v) is 4.31. The molecule has 2 aromatic rings. The topological polar surface area (TPSA) is 76.6 Å². The van der Waals surface area contributed by atoms with Crippen molar-refractivity contribution >= 4 is 11.7 Å². The highest BCUT2D eigenvalue weighted by molar-refractivity contribution is 6.99. The highest BCUT2D eigenvalue weighted by Gasteiger charge is 2.07. The van der Waals surface area contributed by atoms with E-state index >= 15 is 0 Å². The quantitative estimate of drug-likeness (QED) is 0.774. The van der Waals surface area contributed by atoms with Gasteiger partial charge in [-0.2, -0.15) is 13.8 Å². The largest absolute Gasteiger partial charge is 0.377 e. The molecule has 6 nitrogen and oxygen atoms in total. The smallest absolute Gasteiger partial charge is 0.202 e. The van der Waals surface area contributed by atoms with Crippen LogP contribution in [0.4, 0.5) is 0 Å². The van der Waals surface area contributed by atoms with Crippen molar-refractivity contribution in [3.8, 4) is 11.5 Å². The van der Waals surface area contributed by atoms with Crippen LogP contribution in [0.1, 0.15) is 5.82 Å². The van der Waals surface area contributed by atoms with Gasteiger partial charge in [0.15, 0.2) is 5.82 Å². The minimum Gasteiger partial charge on any atom is -0.377 e. The third kappa shape index (κ3) is 1.70. The molecule has 0 saturated carbocycles. The Hall–Kier alpha value is -1.34. The zero-order chi connectivity index (χ0) is 9.10. The van der Waals surface area contributed by atoms with Gasteiger partial charge in [0.25, 0.3) is 0 Å². The lowest BCUT2D eigenvalue weighted by atomic mass is 10.5. The Morgan fingerprint density at radius 3 is 3.23 bits per heavy atom. The molecule has 0 radical (unpaired) electrons. The molecule has 7 heteroatoms. The lowest BCUT2D eigenvalue weighted by Crippen LogP contribution is -1.89. The van der Waals surface area contributed by atoms with Crippen molar-refractivity contribution < 1.29 is 4.74 Å². The number of aromatic nitrogens is 5. The molecule has 0 unspecified atom stereocenters. The van der Waals surface area contributed by atoms with Crippen LogP contribution < -0.4 is 0 Å². The first-order valence-electron chi connectivity index (χ1n) is 3.58. The van der Waals surface area contributed by atoms with Crippen LogP contribution in [0.5, 0.6) is 0 Å². The molecule has 0 saturated heterocycles. The molecule has 0 atom stereocenters. The molecule has 0 aromatic carbocycles. The fraction of sp³-hybridized carbons (Fsp3) is 0.333. The second-order valence-corrected chi connectivity index (χ2v) is 2.89. The van der Waals surface area contributed by atoms with Crippen LogP contribution in [0.3, 0.4) is 0 Å². The van der Waals surface area contributed by atoms with Crippen LogP contribution in [-0.2, 0) is 11.3 Å². The van der Waals surface area contributed by atoms with Gasteiger partial charge in [-0.15, -0.1) is 0 Å². The fourth-order valence-corrected chi connectivity index (χ4v) is 1.29. The Labute approximate surface area is 78.3 Å². The van der Waals surface area contributed by atoms with Crippen molar-refractivity contribution in [2.75, 3.05) is 7.11 Å². The van der Waals surface area contributed by atoms with Crippen LogP contribution >= 0.6 is 11.7 Å². The molecule has 2 rings (SSSR count). The first-order chi connectivity index (χ1) is 6.40. The molecule has 0 spiro atoms. The van der Waals surface area contributed by atoms with Crippen molar-refractivity contribution in [2.24, 2.45) is 0 Å². The van der Waals surface area contributed by atoms with Crippen LogP contribution in [0.25, 0.3) is 11.5 Å². The van der Waals surface area contributed by atoms with E-state index in [1.54, 1.807) is 13.3 Å². The Kier molecular flexibility index (Phi) is 2.28. The number of hydrogen-bond acceptors (Lipinski definition) is 6. The van der Waals surface area contributed by atoms with Crippen molar-refractivity contribution in [1.82, 2.24) is 23.9 Å². The van der Waals surface area contributed by atoms with E-state index in [0.717, 1.165) is 11.7 Å². The van der Waals surface area contributed by atoms with E-state index in [9.17, 15) is 0 Å². The summed E-state index contributed by atoms with van der Waals surface area (Å²) in [7, 11) is 1.60. The van der Waals surface area contributed by atoms with Crippen LogP contribution in [-0.4, -0.2) is 31.0 Å². The normalized spacial score (nSPS) is 10.5. The Bertz CT molecular complexity index is 370. The number of aromatic amines is 1. The average molecular weight is 197 g/mol. The number of nitrogens with zero attached hydrogens (tertiary/aromatic N) is 4. The van der Waals surface area contributed by atoms with E-state index in [1.165, 1.54) is 0 Å². The summed E-state index contributed by atoms with van der Waals surface area (Å²) in [5.74, 6) is 1.24. The van der Waals surface area contributed by atoms with Gasteiger partial charge in [0.05, 0.1) is 17.9 Å². The van der Waals surface area contributed by atoms with Crippen molar-refractivity contribution in [3.63, 3.8) is 0 Å². The molecule has 0 aliphatic heterocycles. The van der Waals surface area contributed by atoms with E-state index in [1.807, 2.05) is 0 Å². The number of methoxy groups -OCH3 is 1. The van der Waals surface area contributed by atoms with Crippen molar-refractivity contribution in [3.05, 3.63) is 12.0 Å². The molecule has 0 bridgehead atoms. The van der Waals surface area contributed by atoms with Gasteiger partial charge in [-0.05, 0) is 0 Å². The van der Waals surface area contributed by atoms with E-state index in [4.69, 9.17) is 4.74 Å². The minimum atomic E-state index is 0.421. The van der Waals surface area contributed by atoms with Crippen molar-refractivity contribution in [1.29, 1.82) is 0 Å². The molecule has 1 N–H and O–H groups in total. The maximum absolute atomic E-state index is 4.89. The molecule has 2 heterocycles. The average Bonchev–Trinajstić information content (AvgIpc) is 2.70. The van der Waals surface area contributed by atoms with Gasteiger partial charge in [-0.25, -0.2) is 4.98 Å². The van der Waals surface area contributed by atoms with E-state index in [0.29, 0.717) is 23.9 Å². The van der Waals surface area contributed by atoms with Gasteiger partial charge >= 0.3 is 0 Å². The minimum absolute atomic E-state index is 0.421. The van der Waals surface area contributed by atoms with Gasteiger partial charge in [0.2, 0.25) is 5.82 Å². The first kappa shape index (κ1) is 8.27. The number of rotatable bonds is 3. The van der Waals surface area contributed by atoms with Crippen LogP contribution in [0.2, 0.25) is 0 Å². The van der Waals surface area contributed by atoms with Gasteiger partial charge in [-0.1, -0.05) is 0 Å². The third-order valence-corrected chi connectivity index (χ3v) is 1.88. The van der Waals surface area contributed by atoms with Crippen molar-refractivity contribution in [2.45, 2.75) is 6.61 Å². The number of ether oxygens (including phenoxy) is 1. The number of nitrogens with one attached hydrogen (secondary N) is 1. The predicted molar refractivity (Wildman–Crippen MR) is 46.0 cm³/mol. The predicted octanol–water partition coefficient (Wildman–Crippen LogP) is 0.470. The molecular formula is C6H7N5OS. The maximum Gasteiger partial charge on any atom is 0.202 e. The van der Waals surface area contributed by atoms with Gasteiger partial charge in [0.1, 0.15) is 12.3 Å². The number of H-pyrrole nitrogens is 1. The Balaban J connectivity index is 2.23. The zero-order valence-corrected chi connectivity index (χ0v) is 7.71. The SMILES string of the molecule is COCc1nc(-c2cnsn2)n[nH]1. The summed E-state index contributed by atoms with van der Waals surface area (Å²) < 4.78 is 12.8. The summed E-state index contributed by atoms with van der Waals surface area (Å²) >= 11 is 1.13. The second kappa shape index (κ2) is 3.58. The molecule has 13 heavy (non-hydrogen) atoms. The second-order valence-electron chi connectivity index (χ2n) is 2.33. The summed E-state index contributed by atoms with van der Waals surface area (Å²) in [6.07, 6.45) is 1.63. The molecule has 68 valence electrons. The lowest BCUT2D eigenvalue weighted by Gasteiger charge is -1.88. The molecule has 0 amide bonds. The summed E-state index contributed by atoms with van der Waals surface area (Å²) in [4.78, 5) is 4.15. The monoisotopic (exact) mass is 197 g/mol. The standard InChI is InChI=1S/C6H7N5OS/c1-12-3-5-8-6(10-9-5)4-2-7-13-11-4/h2H,3H2,1H3,(H,8,9,10). The van der Waals surface area contributed by atoms with Gasteiger partial charge in [-0.3, -0.25) is 5.10 Å². The Morgan fingerprint density at radius 1 is 1.62 bits per heavy atom. The van der Waals surface area contributed by atoms with Crippen LogP contribution in [0, 0.1) is 0 Å². The van der Waals surface area contributed by atoms with Gasteiger partial charge < -0.3 is 4.74 Å². The van der Waals surface area contributed by atoms with E-state index in [-0.39, 0.29) is 0 Å². The van der Waals surface area contributed by atoms with Crippen LogP contribution in [0.15, 0.2) is 6.20 Å². The third-order valence-electron chi connectivity index (χ3n) is 1.40. The summed E-state index contributed by atoms with van der Waals surface area (Å²) in [5.41, 5.74) is 0.684. The molecule has 0 fully saturated rings. The lowest BCUT2D eigenvalue weighted by molar-refractivity contribution is 0.178. The Morgan fingerprint density at radius 2 is 2.54 bits per heavy atom. The zero-order valence-electron chi connectivity index (χ0n) is 6.89.